The quantitative estimate of drug-likeness (QED) is 0.503. The zero-order valence-corrected chi connectivity index (χ0v) is 18.0. The molecule has 0 spiro atoms. The number of piperidine rings is 1. The van der Waals surface area contributed by atoms with Gasteiger partial charge >= 0.3 is 0 Å². The predicted octanol–water partition coefficient (Wildman–Crippen LogP) is 4.97. The van der Waals surface area contributed by atoms with Crippen molar-refractivity contribution in [3.63, 3.8) is 0 Å². The van der Waals surface area contributed by atoms with Crippen LogP contribution in [-0.2, 0) is 4.79 Å². The van der Waals surface area contributed by atoms with Gasteiger partial charge in [0.05, 0.1) is 17.7 Å². The lowest BCUT2D eigenvalue weighted by atomic mass is 9.94. The summed E-state index contributed by atoms with van der Waals surface area (Å²) in [5.41, 5.74) is 0.167. The van der Waals surface area contributed by atoms with Crippen molar-refractivity contribution in [3.05, 3.63) is 59.4 Å². The van der Waals surface area contributed by atoms with E-state index in [1.54, 1.807) is 7.05 Å². The van der Waals surface area contributed by atoms with Crippen LogP contribution in [0.3, 0.4) is 0 Å². The number of hydrogen-bond acceptors (Lipinski definition) is 4. The van der Waals surface area contributed by atoms with E-state index in [0.29, 0.717) is 19.5 Å². The highest BCUT2D eigenvalue weighted by Gasteiger charge is 2.48. The van der Waals surface area contributed by atoms with Crippen LogP contribution in [0.4, 0.5) is 13.2 Å². The second kappa shape index (κ2) is 9.44. The fraction of sp³-hybridized carbons (Fsp3) is 0.391. The summed E-state index contributed by atoms with van der Waals surface area (Å²) in [5, 5.41) is 0. The molecule has 1 aliphatic heterocycles. The van der Waals surface area contributed by atoms with Crippen LogP contribution < -0.4 is 4.72 Å². The van der Waals surface area contributed by atoms with E-state index < -0.39 is 17.5 Å². The largest absolute Gasteiger partial charge is 0.342 e. The molecule has 1 heterocycles. The highest BCUT2D eigenvalue weighted by molar-refractivity contribution is 7.96. The number of carbonyl (C=O) groups excluding carboxylic acids is 1. The van der Waals surface area contributed by atoms with Crippen molar-refractivity contribution in [1.82, 2.24) is 9.62 Å². The fourth-order valence-corrected chi connectivity index (χ4v) is 4.75. The Kier molecular flexibility index (Phi) is 6.67. The van der Waals surface area contributed by atoms with Gasteiger partial charge in [0, 0.05) is 31.1 Å². The molecule has 4 rings (SSSR count). The van der Waals surface area contributed by atoms with E-state index in [9.17, 15) is 18.0 Å². The van der Waals surface area contributed by atoms with Gasteiger partial charge in [-0.2, -0.15) is 0 Å². The summed E-state index contributed by atoms with van der Waals surface area (Å²) in [5.74, 6) is -2.60. The number of likely N-dealkylation sites (tertiary alicyclic amines) is 1. The van der Waals surface area contributed by atoms with E-state index in [2.05, 4.69) is 9.12 Å². The molecule has 0 aromatic heterocycles. The summed E-state index contributed by atoms with van der Waals surface area (Å²) < 4.78 is 50.7. The topological polar surface area (TPSA) is 44.7 Å². The molecule has 1 saturated heterocycles. The molecule has 2 fully saturated rings. The van der Waals surface area contributed by atoms with E-state index >= 15 is 0 Å². The molecule has 31 heavy (non-hydrogen) atoms. The summed E-state index contributed by atoms with van der Waals surface area (Å²) in [6.45, 7) is 1.25. The van der Waals surface area contributed by atoms with Gasteiger partial charge in [-0.05, 0) is 61.6 Å². The van der Waals surface area contributed by atoms with E-state index in [-0.39, 0.29) is 40.4 Å². The number of nitrogens with zero attached hydrogens (tertiary/aromatic N) is 2. The number of amides is 1. The van der Waals surface area contributed by atoms with E-state index in [4.69, 9.17) is 0 Å². The molecule has 2 aromatic rings. The normalized spacial score (nSPS) is 23.4. The molecule has 4 nitrogen and oxygen atoms in total. The van der Waals surface area contributed by atoms with Crippen LogP contribution in [0, 0.1) is 29.3 Å². The maximum atomic E-state index is 14.8. The fourth-order valence-electron chi connectivity index (χ4n) is 4.41. The molecule has 0 radical (unpaired) electrons. The van der Waals surface area contributed by atoms with Crippen LogP contribution in [0.2, 0.25) is 0 Å². The van der Waals surface area contributed by atoms with Gasteiger partial charge in [0.1, 0.15) is 17.5 Å². The molecule has 164 valence electrons. The van der Waals surface area contributed by atoms with Gasteiger partial charge in [-0.1, -0.05) is 18.2 Å². The third-order valence-corrected chi connectivity index (χ3v) is 6.36. The lowest BCUT2D eigenvalue weighted by Gasteiger charge is -2.31. The lowest BCUT2D eigenvalue weighted by Crippen LogP contribution is -2.41. The molecule has 1 aliphatic carbocycles. The Morgan fingerprint density at radius 3 is 2.61 bits per heavy atom. The van der Waals surface area contributed by atoms with Crippen molar-refractivity contribution in [1.29, 1.82) is 0 Å². The van der Waals surface area contributed by atoms with Crippen LogP contribution in [-0.4, -0.2) is 37.2 Å². The molecule has 3 atom stereocenters. The molecule has 1 unspecified atom stereocenters. The summed E-state index contributed by atoms with van der Waals surface area (Å²) in [4.78, 5) is 14.9. The SMILES string of the molecule is CNS/N=C\C1CCCN(C(=O)[C@@H]2C[C@H]2c2c(F)cccc2-c2c(F)cccc2F)C1. The van der Waals surface area contributed by atoms with Gasteiger partial charge in [-0.15, -0.1) is 0 Å². The minimum Gasteiger partial charge on any atom is -0.342 e. The maximum absolute atomic E-state index is 14.8. The Labute approximate surface area is 184 Å². The van der Waals surface area contributed by atoms with E-state index in [0.717, 1.165) is 25.0 Å². The minimum absolute atomic E-state index is 0.0208. The van der Waals surface area contributed by atoms with Gasteiger partial charge in [0.25, 0.3) is 0 Å². The van der Waals surface area contributed by atoms with Gasteiger partial charge in [-0.3, -0.25) is 4.79 Å². The molecule has 2 aliphatic rings. The highest BCUT2D eigenvalue weighted by atomic mass is 32.2. The third kappa shape index (κ3) is 4.65. The first-order valence-electron chi connectivity index (χ1n) is 10.4. The Morgan fingerprint density at radius 1 is 1.16 bits per heavy atom. The first-order chi connectivity index (χ1) is 15.0. The van der Waals surface area contributed by atoms with Gasteiger partial charge in [0.15, 0.2) is 0 Å². The van der Waals surface area contributed by atoms with Crippen molar-refractivity contribution in [2.24, 2.45) is 16.2 Å². The molecule has 1 amide bonds. The van der Waals surface area contributed by atoms with Crippen molar-refractivity contribution in [2.45, 2.75) is 25.2 Å². The van der Waals surface area contributed by atoms with Crippen LogP contribution >= 0.6 is 12.1 Å². The van der Waals surface area contributed by atoms with E-state index in [1.165, 1.54) is 36.4 Å². The number of halogens is 3. The van der Waals surface area contributed by atoms with Gasteiger partial charge in [-0.25, -0.2) is 22.3 Å². The molecule has 0 bridgehead atoms. The van der Waals surface area contributed by atoms with Crippen molar-refractivity contribution >= 4 is 24.3 Å². The Bertz CT molecular complexity index is 980. The third-order valence-electron chi connectivity index (χ3n) is 5.95. The van der Waals surface area contributed by atoms with Crippen molar-refractivity contribution in [3.8, 4) is 11.1 Å². The zero-order valence-electron chi connectivity index (χ0n) is 17.2. The minimum atomic E-state index is -0.743. The number of hydrogen-bond donors (Lipinski definition) is 1. The molecule has 8 heteroatoms. The summed E-state index contributed by atoms with van der Waals surface area (Å²) in [7, 11) is 1.79. The second-order valence-electron chi connectivity index (χ2n) is 7.98. The van der Waals surface area contributed by atoms with Crippen molar-refractivity contribution in [2.75, 3.05) is 20.1 Å². The summed E-state index contributed by atoms with van der Waals surface area (Å²) in [6, 6.07) is 7.84. The van der Waals surface area contributed by atoms with Gasteiger partial charge < -0.3 is 4.90 Å². The van der Waals surface area contributed by atoms with E-state index in [1.807, 2.05) is 11.1 Å². The van der Waals surface area contributed by atoms with Crippen LogP contribution in [0.15, 0.2) is 40.8 Å². The molecular formula is C23H24F3N3OS. The zero-order chi connectivity index (χ0) is 22.0. The smallest absolute Gasteiger partial charge is 0.226 e. The molecule has 1 saturated carbocycles. The first-order valence-corrected chi connectivity index (χ1v) is 11.2. The monoisotopic (exact) mass is 447 g/mol. The number of benzene rings is 2. The Balaban J connectivity index is 1.54. The maximum Gasteiger partial charge on any atom is 0.226 e. The van der Waals surface area contributed by atoms with Gasteiger partial charge in [0.2, 0.25) is 5.91 Å². The lowest BCUT2D eigenvalue weighted by molar-refractivity contribution is -0.134. The Morgan fingerprint density at radius 2 is 1.87 bits per heavy atom. The van der Waals surface area contributed by atoms with Crippen molar-refractivity contribution < 1.29 is 18.0 Å². The molecular weight excluding hydrogens is 423 g/mol. The van der Waals surface area contributed by atoms with Crippen LogP contribution in [0.25, 0.3) is 11.1 Å². The predicted molar refractivity (Wildman–Crippen MR) is 117 cm³/mol. The average molecular weight is 448 g/mol. The standard InChI is InChI=1S/C23H24F3N3OS/c1-27-31-28-12-14-5-4-10-29(13-14)23(30)17-11-16(17)21-15(6-2-7-18(21)24)22-19(25)8-3-9-20(22)26/h2-3,6-9,12,14,16-17,27H,4-5,10-11,13H2,1H3/b28-12-/t14?,16-,17-/m1/s1. The summed E-state index contributed by atoms with van der Waals surface area (Å²) >= 11 is 1.24. The van der Waals surface area contributed by atoms with Crippen LogP contribution in [0.1, 0.15) is 30.7 Å². The summed E-state index contributed by atoms with van der Waals surface area (Å²) in [6.07, 6.45) is 4.19. The average Bonchev–Trinajstić information content (AvgIpc) is 3.54. The second-order valence-corrected chi connectivity index (χ2v) is 8.78. The number of carbonyl (C=O) groups is 1. The van der Waals surface area contributed by atoms with Crippen LogP contribution in [0.5, 0.6) is 0 Å². The molecule has 1 N–H and O–H groups in total. The molecule has 2 aromatic carbocycles. The highest BCUT2D eigenvalue weighted by Crippen LogP contribution is 2.52. The number of nitrogens with one attached hydrogen (secondary N) is 1. The first kappa shape index (κ1) is 21.9. The number of rotatable bonds is 6. The Hall–Kier alpha value is -2.32.